The van der Waals surface area contributed by atoms with E-state index in [4.69, 9.17) is 4.74 Å². The Kier molecular flexibility index (Phi) is 3.46. The molecule has 0 saturated heterocycles. The number of fused-ring (bicyclic) bond motifs is 1. The van der Waals surface area contributed by atoms with Crippen molar-refractivity contribution in [3.05, 3.63) is 23.9 Å². The van der Waals surface area contributed by atoms with Crippen LogP contribution < -0.4 is 9.58 Å². The molecule has 0 bridgehead atoms. The maximum Gasteiger partial charge on any atom is 0.406 e. The van der Waals surface area contributed by atoms with Gasteiger partial charge < -0.3 is 9.64 Å². The summed E-state index contributed by atoms with van der Waals surface area (Å²) in [5.41, 5.74) is 2.66. The van der Waals surface area contributed by atoms with Crippen molar-refractivity contribution in [3.63, 3.8) is 0 Å². The van der Waals surface area contributed by atoms with Crippen LogP contribution in [0.25, 0.3) is 10.9 Å². The number of ether oxygens (including phenoxy) is 1. The highest BCUT2D eigenvalue weighted by atomic mass is 16.5. The molecule has 19 heavy (non-hydrogen) atoms. The highest BCUT2D eigenvalue weighted by Crippen LogP contribution is 2.23. The van der Waals surface area contributed by atoms with Crippen molar-refractivity contribution >= 4 is 22.6 Å². The Morgan fingerprint density at radius 1 is 1.42 bits per heavy atom. The minimum Gasteiger partial charge on any atom is -0.458 e. The van der Waals surface area contributed by atoms with E-state index in [0.717, 1.165) is 16.6 Å². The molecule has 0 unspecified atom stereocenters. The minimum absolute atomic E-state index is 0.286. The van der Waals surface area contributed by atoms with Gasteiger partial charge in [-0.15, -0.1) is 4.68 Å². The fourth-order valence-corrected chi connectivity index (χ4v) is 2.20. The maximum atomic E-state index is 12.1. The molecule has 0 radical (unpaired) electrons. The summed E-state index contributed by atoms with van der Waals surface area (Å²) in [7, 11) is 7.75. The van der Waals surface area contributed by atoms with E-state index < -0.39 is 0 Å². The third-order valence-corrected chi connectivity index (χ3v) is 3.34. The van der Waals surface area contributed by atoms with E-state index in [-0.39, 0.29) is 5.97 Å². The zero-order valence-corrected chi connectivity index (χ0v) is 12.1. The Morgan fingerprint density at radius 3 is 2.68 bits per heavy atom. The van der Waals surface area contributed by atoms with Crippen LogP contribution in [-0.4, -0.2) is 31.4 Å². The largest absolute Gasteiger partial charge is 0.458 e. The van der Waals surface area contributed by atoms with Crippen LogP contribution in [0.5, 0.6) is 0 Å². The smallest absolute Gasteiger partial charge is 0.406 e. The van der Waals surface area contributed by atoms with E-state index in [9.17, 15) is 4.79 Å². The molecular weight excluding hydrogens is 242 g/mol. The van der Waals surface area contributed by atoms with Gasteiger partial charge in [-0.25, -0.2) is 4.79 Å². The van der Waals surface area contributed by atoms with Crippen LogP contribution in [0, 0.1) is 0 Å². The summed E-state index contributed by atoms with van der Waals surface area (Å²) in [4.78, 5) is 14.1. The van der Waals surface area contributed by atoms with E-state index >= 15 is 0 Å². The van der Waals surface area contributed by atoms with E-state index in [1.165, 1.54) is 0 Å². The molecule has 1 aromatic carbocycles. The van der Waals surface area contributed by atoms with Gasteiger partial charge in [0.05, 0.1) is 19.0 Å². The summed E-state index contributed by atoms with van der Waals surface area (Å²) in [6, 6.07) is 6.08. The lowest BCUT2D eigenvalue weighted by atomic mass is 10.2. The van der Waals surface area contributed by atoms with Crippen molar-refractivity contribution < 1.29 is 14.2 Å². The average molecular weight is 262 g/mol. The fraction of sp³-hybridized carbons (Fsp3) is 0.429. The van der Waals surface area contributed by atoms with Crippen LogP contribution in [0.1, 0.15) is 17.4 Å². The van der Waals surface area contributed by atoms with Crippen LogP contribution in [0.2, 0.25) is 0 Å². The number of carbonyl (C=O) groups excluding carboxylic acids is 1. The number of esters is 1. The van der Waals surface area contributed by atoms with Crippen LogP contribution in [0.15, 0.2) is 18.2 Å². The summed E-state index contributed by atoms with van der Waals surface area (Å²) in [6.07, 6.45) is 0. The maximum absolute atomic E-state index is 12.1. The van der Waals surface area contributed by atoms with Crippen molar-refractivity contribution in [3.8, 4) is 0 Å². The summed E-state index contributed by atoms with van der Waals surface area (Å²) in [5.74, 6) is -0.286. The molecule has 102 valence electrons. The summed E-state index contributed by atoms with van der Waals surface area (Å²) >= 11 is 0. The standard InChI is InChI=1S/C14H20N3O2/c1-6-19-14(18)13-11-9-10(15(2)3)7-8-12(11)16(4)17(13)5/h7-9H,6H2,1-5H3/q+1. The zero-order valence-electron chi connectivity index (χ0n) is 12.1. The molecular formula is C14H20N3O2+. The first-order chi connectivity index (χ1) is 8.97. The van der Waals surface area contributed by atoms with Gasteiger partial charge in [0.25, 0.3) is 0 Å². The quantitative estimate of drug-likeness (QED) is 0.617. The molecule has 2 aromatic rings. The zero-order chi connectivity index (χ0) is 14.2. The molecule has 0 aliphatic rings. The lowest BCUT2D eigenvalue weighted by molar-refractivity contribution is -0.750. The number of anilines is 1. The molecule has 1 aromatic heterocycles. The lowest BCUT2D eigenvalue weighted by Crippen LogP contribution is -2.42. The number of carbonyl (C=O) groups is 1. The number of rotatable bonds is 3. The van der Waals surface area contributed by atoms with Crippen molar-refractivity contribution in [1.29, 1.82) is 0 Å². The van der Waals surface area contributed by atoms with Gasteiger partial charge in [-0.2, -0.15) is 4.68 Å². The van der Waals surface area contributed by atoms with Gasteiger partial charge in [-0.3, -0.25) is 0 Å². The van der Waals surface area contributed by atoms with E-state index in [2.05, 4.69) is 0 Å². The Balaban J connectivity index is 2.70. The molecule has 5 heteroatoms. The van der Waals surface area contributed by atoms with Crippen molar-refractivity contribution in [2.24, 2.45) is 14.1 Å². The van der Waals surface area contributed by atoms with Crippen molar-refractivity contribution in [2.45, 2.75) is 6.92 Å². The SMILES string of the molecule is CCOC(=O)c1c2cc(N(C)C)ccc2n(C)[n+]1C. The average Bonchev–Trinajstić information content (AvgIpc) is 2.62. The number of nitrogens with zero attached hydrogens (tertiary/aromatic N) is 3. The molecule has 5 nitrogen and oxygen atoms in total. The lowest BCUT2D eigenvalue weighted by Gasteiger charge is -2.11. The van der Waals surface area contributed by atoms with Gasteiger partial charge in [0.1, 0.15) is 5.52 Å². The van der Waals surface area contributed by atoms with Crippen LogP contribution in [0.4, 0.5) is 5.69 Å². The monoisotopic (exact) mass is 262 g/mol. The summed E-state index contributed by atoms with van der Waals surface area (Å²) < 4.78 is 8.91. The minimum atomic E-state index is -0.286. The van der Waals surface area contributed by atoms with E-state index in [1.54, 1.807) is 0 Å². The van der Waals surface area contributed by atoms with Gasteiger partial charge in [-0.1, -0.05) is 0 Å². The van der Waals surface area contributed by atoms with Crippen LogP contribution in [-0.2, 0) is 18.8 Å². The number of hydrogen-bond acceptors (Lipinski definition) is 3. The Bertz CT molecular complexity index is 629. The fourth-order valence-electron chi connectivity index (χ4n) is 2.20. The van der Waals surface area contributed by atoms with Gasteiger partial charge in [0, 0.05) is 19.8 Å². The molecule has 0 aliphatic carbocycles. The first kappa shape index (κ1) is 13.4. The Morgan fingerprint density at radius 2 is 2.11 bits per heavy atom. The topological polar surface area (TPSA) is 38.4 Å². The summed E-state index contributed by atoms with van der Waals surface area (Å²) in [6.45, 7) is 2.19. The number of aryl methyl sites for hydroxylation is 1. The first-order valence-electron chi connectivity index (χ1n) is 6.30. The highest BCUT2D eigenvalue weighted by Gasteiger charge is 2.28. The predicted octanol–water partition coefficient (Wildman–Crippen LogP) is 1.25. The normalized spacial score (nSPS) is 10.8. The molecule has 0 aliphatic heterocycles. The molecule has 0 amide bonds. The van der Waals surface area contributed by atoms with E-state index in [1.807, 2.05) is 67.6 Å². The number of benzene rings is 1. The van der Waals surface area contributed by atoms with E-state index in [0.29, 0.717) is 12.3 Å². The van der Waals surface area contributed by atoms with Gasteiger partial charge in [0.2, 0.25) is 0 Å². The molecule has 0 atom stereocenters. The first-order valence-corrected chi connectivity index (χ1v) is 6.30. The van der Waals surface area contributed by atoms with Gasteiger partial charge in [-0.05, 0) is 25.1 Å². The third-order valence-electron chi connectivity index (χ3n) is 3.34. The van der Waals surface area contributed by atoms with Crippen LogP contribution >= 0.6 is 0 Å². The van der Waals surface area contributed by atoms with Crippen LogP contribution in [0.3, 0.4) is 0 Å². The molecule has 0 fully saturated rings. The Hall–Kier alpha value is -2.04. The number of hydrogen-bond donors (Lipinski definition) is 0. The number of aromatic nitrogens is 2. The molecule has 0 N–H and O–H groups in total. The third kappa shape index (κ3) is 2.16. The Labute approximate surface area is 113 Å². The predicted molar refractivity (Wildman–Crippen MR) is 74.4 cm³/mol. The highest BCUT2D eigenvalue weighted by molar-refractivity contribution is 6.01. The summed E-state index contributed by atoms with van der Waals surface area (Å²) in [5, 5.41) is 0.912. The molecule has 1 heterocycles. The second-order valence-electron chi connectivity index (χ2n) is 4.71. The van der Waals surface area contributed by atoms with Gasteiger partial charge >= 0.3 is 11.7 Å². The van der Waals surface area contributed by atoms with Crippen molar-refractivity contribution in [1.82, 2.24) is 4.68 Å². The molecule has 0 saturated carbocycles. The molecule has 2 rings (SSSR count). The second kappa shape index (κ2) is 4.91. The second-order valence-corrected chi connectivity index (χ2v) is 4.71. The van der Waals surface area contributed by atoms with Gasteiger partial charge in [0.15, 0.2) is 7.05 Å². The molecule has 0 spiro atoms. The van der Waals surface area contributed by atoms with Crippen molar-refractivity contribution in [2.75, 3.05) is 25.6 Å².